The number of sulfonamides is 1. The zero-order valence-electron chi connectivity index (χ0n) is 12.8. The fourth-order valence-electron chi connectivity index (χ4n) is 2.26. The molecule has 1 N–H and O–H groups in total. The summed E-state index contributed by atoms with van der Waals surface area (Å²) >= 11 is 11.7. The lowest BCUT2D eigenvalue weighted by Gasteiger charge is -2.31. The van der Waals surface area contributed by atoms with E-state index in [1.54, 1.807) is 6.07 Å². The number of amides is 1. The van der Waals surface area contributed by atoms with Gasteiger partial charge in [-0.05, 0) is 25.2 Å². The standard InChI is InChI=1S/C14H19Cl2N3O3S/c1-18-5-7-19(8-6-18)23(21,22)9-4-17-14(20)12-3-2-11(15)10-13(12)16/h2-3,10H,4-9H2,1H3,(H,17,20). The highest BCUT2D eigenvalue weighted by atomic mass is 35.5. The topological polar surface area (TPSA) is 69.7 Å². The van der Waals surface area contributed by atoms with Crippen molar-refractivity contribution in [2.75, 3.05) is 45.5 Å². The molecule has 0 aliphatic carbocycles. The molecule has 1 aromatic rings. The van der Waals surface area contributed by atoms with E-state index in [1.807, 2.05) is 7.05 Å². The predicted octanol–water partition coefficient (Wildman–Crippen LogP) is 1.30. The molecule has 0 saturated carbocycles. The Balaban J connectivity index is 1.87. The summed E-state index contributed by atoms with van der Waals surface area (Å²) in [5.74, 6) is -0.548. The van der Waals surface area contributed by atoms with Crippen LogP contribution in [0.4, 0.5) is 0 Å². The average Bonchev–Trinajstić information content (AvgIpc) is 2.47. The van der Waals surface area contributed by atoms with E-state index in [2.05, 4.69) is 10.2 Å². The molecule has 1 fully saturated rings. The van der Waals surface area contributed by atoms with Crippen LogP contribution in [0.15, 0.2) is 18.2 Å². The lowest BCUT2D eigenvalue weighted by Crippen LogP contribution is -2.48. The molecule has 6 nitrogen and oxygen atoms in total. The first-order valence-electron chi connectivity index (χ1n) is 7.19. The van der Waals surface area contributed by atoms with Gasteiger partial charge in [-0.25, -0.2) is 8.42 Å². The van der Waals surface area contributed by atoms with Gasteiger partial charge in [-0.15, -0.1) is 0 Å². The van der Waals surface area contributed by atoms with Crippen LogP contribution in [0, 0.1) is 0 Å². The maximum absolute atomic E-state index is 12.2. The third-order valence-electron chi connectivity index (χ3n) is 3.68. The van der Waals surface area contributed by atoms with Crippen LogP contribution in [0.1, 0.15) is 10.4 Å². The Labute approximate surface area is 146 Å². The summed E-state index contributed by atoms with van der Waals surface area (Å²) in [5, 5.41) is 3.25. The largest absolute Gasteiger partial charge is 0.351 e. The summed E-state index contributed by atoms with van der Waals surface area (Å²) in [7, 11) is -1.41. The van der Waals surface area contributed by atoms with Crippen LogP contribution in [0.25, 0.3) is 0 Å². The van der Waals surface area contributed by atoms with Crippen LogP contribution >= 0.6 is 23.2 Å². The van der Waals surface area contributed by atoms with Gasteiger partial charge in [0.2, 0.25) is 10.0 Å². The van der Waals surface area contributed by atoms with E-state index < -0.39 is 15.9 Å². The van der Waals surface area contributed by atoms with Crippen molar-refractivity contribution in [2.45, 2.75) is 0 Å². The van der Waals surface area contributed by atoms with Gasteiger partial charge < -0.3 is 10.2 Å². The van der Waals surface area contributed by atoms with Gasteiger partial charge in [0.15, 0.2) is 0 Å². The SMILES string of the molecule is CN1CCN(S(=O)(=O)CCNC(=O)c2ccc(Cl)cc2Cl)CC1. The van der Waals surface area contributed by atoms with Gasteiger partial charge in [-0.1, -0.05) is 23.2 Å². The summed E-state index contributed by atoms with van der Waals surface area (Å²) < 4.78 is 25.9. The fraction of sp³-hybridized carbons (Fsp3) is 0.500. The molecule has 9 heteroatoms. The number of nitrogens with zero attached hydrogens (tertiary/aromatic N) is 2. The monoisotopic (exact) mass is 379 g/mol. The van der Waals surface area contributed by atoms with Gasteiger partial charge >= 0.3 is 0 Å². The van der Waals surface area contributed by atoms with Crippen LogP contribution in [0.3, 0.4) is 0 Å². The van der Waals surface area contributed by atoms with Crippen LogP contribution in [0.5, 0.6) is 0 Å². The molecule has 1 aromatic carbocycles. The van der Waals surface area contributed by atoms with Crippen molar-refractivity contribution in [3.8, 4) is 0 Å². The van der Waals surface area contributed by atoms with Crippen molar-refractivity contribution in [3.63, 3.8) is 0 Å². The number of rotatable bonds is 5. The second-order valence-electron chi connectivity index (χ2n) is 5.40. The molecular formula is C14H19Cl2N3O3S. The Morgan fingerprint density at radius 2 is 1.87 bits per heavy atom. The Hall–Kier alpha value is -0.860. The second kappa shape index (κ2) is 7.81. The number of hydrogen-bond donors (Lipinski definition) is 1. The quantitative estimate of drug-likeness (QED) is 0.836. The zero-order chi connectivity index (χ0) is 17.0. The first-order chi connectivity index (χ1) is 10.8. The van der Waals surface area contributed by atoms with E-state index in [9.17, 15) is 13.2 Å². The number of piperazine rings is 1. The number of likely N-dealkylation sites (N-methyl/N-ethyl adjacent to an activating group) is 1. The molecular weight excluding hydrogens is 361 g/mol. The van der Waals surface area contributed by atoms with Gasteiger partial charge in [0.25, 0.3) is 5.91 Å². The minimum Gasteiger partial charge on any atom is -0.351 e. The predicted molar refractivity (Wildman–Crippen MR) is 91.7 cm³/mol. The summed E-state index contributed by atoms with van der Waals surface area (Å²) in [6, 6.07) is 4.54. The molecule has 0 atom stereocenters. The molecule has 1 saturated heterocycles. The third-order valence-corrected chi connectivity index (χ3v) is 6.10. The number of benzene rings is 1. The molecule has 1 heterocycles. The van der Waals surface area contributed by atoms with Crippen LogP contribution in [-0.2, 0) is 10.0 Å². The Morgan fingerprint density at radius 1 is 1.22 bits per heavy atom. The van der Waals surface area contributed by atoms with Gasteiger partial charge in [0.05, 0.1) is 16.3 Å². The van der Waals surface area contributed by atoms with E-state index in [1.165, 1.54) is 16.4 Å². The van der Waals surface area contributed by atoms with Crippen molar-refractivity contribution in [1.82, 2.24) is 14.5 Å². The molecule has 128 valence electrons. The first kappa shape index (κ1) is 18.5. The first-order valence-corrected chi connectivity index (χ1v) is 9.56. The van der Waals surface area contributed by atoms with Gasteiger partial charge in [-0.2, -0.15) is 4.31 Å². The molecule has 2 rings (SSSR count). The van der Waals surface area contributed by atoms with E-state index in [-0.39, 0.29) is 22.9 Å². The van der Waals surface area contributed by atoms with Gasteiger partial charge in [-0.3, -0.25) is 4.79 Å². The van der Waals surface area contributed by atoms with Crippen molar-refractivity contribution < 1.29 is 13.2 Å². The fourth-order valence-corrected chi connectivity index (χ4v) is 4.09. The van der Waals surface area contributed by atoms with Crippen molar-refractivity contribution in [2.24, 2.45) is 0 Å². The van der Waals surface area contributed by atoms with Gasteiger partial charge in [0.1, 0.15) is 0 Å². The van der Waals surface area contributed by atoms with E-state index in [0.717, 1.165) is 0 Å². The number of carbonyl (C=O) groups excluding carboxylic acids is 1. The second-order valence-corrected chi connectivity index (χ2v) is 8.33. The minimum absolute atomic E-state index is 0.0342. The van der Waals surface area contributed by atoms with Gasteiger partial charge in [0, 0.05) is 37.7 Å². The maximum atomic E-state index is 12.2. The molecule has 0 radical (unpaired) electrons. The molecule has 0 spiro atoms. The molecule has 1 aliphatic heterocycles. The Morgan fingerprint density at radius 3 is 2.48 bits per heavy atom. The lowest BCUT2D eigenvalue weighted by atomic mass is 10.2. The Bertz CT molecular complexity index is 674. The number of carbonyl (C=O) groups is 1. The molecule has 1 aliphatic rings. The van der Waals surface area contributed by atoms with Crippen molar-refractivity contribution in [3.05, 3.63) is 33.8 Å². The third kappa shape index (κ3) is 5.06. The summed E-state index contributed by atoms with van der Waals surface area (Å²) in [4.78, 5) is 14.1. The smallest absolute Gasteiger partial charge is 0.252 e. The van der Waals surface area contributed by atoms with Crippen molar-refractivity contribution >= 4 is 39.1 Å². The van der Waals surface area contributed by atoms with E-state index in [0.29, 0.717) is 31.2 Å². The number of nitrogens with one attached hydrogen (secondary N) is 1. The van der Waals surface area contributed by atoms with Crippen LogP contribution in [-0.4, -0.2) is 69.1 Å². The highest BCUT2D eigenvalue weighted by Gasteiger charge is 2.25. The van der Waals surface area contributed by atoms with E-state index >= 15 is 0 Å². The summed E-state index contributed by atoms with van der Waals surface area (Å²) in [6.45, 7) is 2.43. The Kier molecular flexibility index (Phi) is 6.27. The summed E-state index contributed by atoms with van der Waals surface area (Å²) in [5.41, 5.74) is 0.271. The highest BCUT2D eigenvalue weighted by molar-refractivity contribution is 7.89. The minimum atomic E-state index is -3.36. The molecule has 0 aromatic heterocycles. The van der Waals surface area contributed by atoms with Crippen LogP contribution < -0.4 is 5.32 Å². The molecule has 0 bridgehead atoms. The normalized spacial score (nSPS) is 17.2. The maximum Gasteiger partial charge on any atom is 0.252 e. The zero-order valence-corrected chi connectivity index (χ0v) is 15.1. The lowest BCUT2D eigenvalue weighted by molar-refractivity contribution is 0.0956. The number of halogens is 2. The molecule has 23 heavy (non-hydrogen) atoms. The number of hydrogen-bond acceptors (Lipinski definition) is 4. The highest BCUT2D eigenvalue weighted by Crippen LogP contribution is 2.20. The summed E-state index contributed by atoms with van der Waals surface area (Å²) in [6.07, 6.45) is 0. The van der Waals surface area contributed by atoms with E-state index in [4.69, 9.17) is 23.2 Å². The molecule has 0 unspecified atom stereocenters. The van der Waals surface area contributed by atoms with Crippen molar-refractivity contribution in [1.29, 1.82) is 0 Å². The van der Waals surface area contributed by atoms with Crippen LogP contribution in [0.2, 0.25) is 10.0 Å². The molecule has 1 amide bonds. The average molecular weight is 380 g/mol.